The molecule has 1 heterocycles. The second kappa shape index (κ2) is 4.53. The number of carboxylic acid groups (broad SMARTS) is 1. The molecule has 5 nitrogen and oxygen atoms in total. The van der Waals surface area contributed by atoms with E-state index in [1.54, 1.807) is 0 Å². The van der Waals surface area contributed by atoms with Crippen LogP contribution in [0.1, 0.15) is 30.1 Å². The minimum Gasteiger partial charge on any atom is -0.508 e. The van der Waals surface area contributed by atoms with Crippen molar-refractivity contribution in [3.63, 3.8) is 0 Å². The van der Waals surface area contributed by atoms with Gasteiger partial charge in [0.1, 0.15) is 17.1 Å². The van der Waals surface area contributed by atoms with Crippen LogP contribution in [0.25, 0.3) is 0 Å². The number of hydrogen-bond donors (Lipinski definition) is 2. The normalized spacial score (nSPS) is 22.5. The Kier molecular flexibility index (Phi) is 3.18. The van der Waals surface area contributed by atoms with E-state index in [-0.39, 0.29) is 17.9 Å². The molecule has 0 spiro atoms. The van der Waals surface area contributed by atoms with Gasteiger partial charge in [-0.25, -0.2) is 9.18 Å². The van der Waals surface area contributed by atoms with Crippen molar-refractivity contribution >= 4 is 11.9 Å². The lowest BCUT2D eigenvalue weighted by molar-refractivity contribution is -0.147. The van der Waals surface area contributed by atoms with Gasteiger partial charge in [-0.2, -0.15) is 0 Å². The molecule has 1 aliphatic heterocycles. The van der Waals surface area contributed by atoms with E-state index in [1.807, 2.05) is 0 Å². The van der Waals surface area contributed by atoms with E-state index in [0.29, 0.717) is 12.8 Å². The summed E-state index contributed by atoms with van der Waals surface area (Å²) in [5.74, 6) is -2.90. The summed E-state index contributed by atoms with van der Waals surface area (Å²) in [6.07, 6.45) is 0.905. The van der Waals surface area contributed by atoms with Crippen LogP contribution in [0, 0.1) is 5.82 Å². The van der Waals surface area contributed by atoms with Gasteiger partial charge in [0.05, 0.1) is 5.56 Å². The van der Waals surface area contributed by atoms with Crippen LogP contribution in [-0.2, 0) is 4.79 Å². The van der Waals surface area contributed by atoms with E-state index >= 15 is 0 Å². The summed E-state index contributed by atoms with van der Waals surface area (Å²) >= 11 is 0. The molecule has 1 fully saturated rings. The number of benzene rings is 1. The van der Waals surface area contributed by atoms with Crippen LogP contribution >= 0.6 is 0 Å². The molecular weight excluding hydrogens is 253 g/mol. The minimum atomic E-state index is -1.30. The van der Waals surface area contributed by atoms with Crippen LogP contribution in [0.4, 0.5) is 4.39 Å². The maximum Gasteiger partial charge on any atom is 0.329 e. The number of amides is 1. The molecular formula is C13H14FNO4. The lowest BCUT2D eigenvalue weighted by Gasteiger charge is -2.31. The zero-order chi connectivity index (χ0) is 14.2. The van der Waals surface area contributed by atoms with Gasteiger partial charge in [0, 0.05) is 12.6 Å². The highest BCUT2D eigenvalue weighted by Gasteiger charge is 2.46. The topological polar surface area (TPSA) is 77.8 Å². The van der Waals surface area contributed by atoms with Gasteiger partial charge in [-0.05, 0) is 31.9 Å². The smallest absolute Gasteiger partial charge is 0.329 e. The molecule has 2 N–H and O–H groups in total. The van der Waals surface area contributed by atoms with Crippen molar-refractivity contribution in [3.8, 4) is 5.75 Å². The number of phenolic OH excluding ortho intramolecular Hbond substituents is 1. The molecule has 2 rings (SSSR count). The first-order chi connectivity index (χ1) is 8.86. The Morgan fingerprint density at radius 3 is 2.68 bits per heavy atom. The van der Waals surface area contributed by atoms with E-state index in [0.717, 1.165) is 12.1 Å². The number of carbonyl (C=O) groups is 2. The molecule has 1 aromatic carbocycles. The Balaban J connectivity index is 2.36. The highest BCUT2D eigenvalue weighted by atomic mass is 19.1. The molecule has 0 bridgehead atoms. The average Bonchev–Trinajstić information content (AvgIpc) is 2.72. The third-order valence-electron chi connectivity index (χ3n) is 3.53. The van der Waals surface area contributed by atoms with Gasteiger partial charge < -0.3 is 15.1 Å². The van der Waals surface area contributed by atoms with Crippen LogP contribution in [0.2, 0.25) is 0 Å². The Morgan fingerprint density at radius 2 is 2.11 bits per heavy atom. The first-order valence-electron chi connectivity index (χ1n) is 5.90. The lowest BCUT2D eigenvalue weighted by Crippen LogP contribution is -2.50. The average molecular weight is 267 g/mol. The summed E-state index contributed by atoms with van der Waals surface area (Å²) in [7, 11) is 0. The predicted octanol–water partition coefficient (Wildman–Crippen LogP) is 1.61. The quantitative estimate of drug-likeness (QED) is 0.853. The fourth-order valence-electron chi connectivity index (χ4n) is 2.33. The lowest BCUT2D eigenvalue weighted by atomic mass is 9.98. The number of aliphatic carboxylic acids is 1. The molecule has 0 aromatic heterocycles. The van der Waals surface area contributed by atoms with E-state index in [2.05, 4.69) is 0 Å². The second-order valence-corrected chi connectivity index (χ2v) is 4.80. The summed E-state index contributed by atoms with van der Waals surface area (Å²) in [6.45, 7) is 1.74. The predicted molar refractivity (Wildman–Crippen MR) is 64.4 cm³/mol. The van der Waals surface area contributed by atoms with Gasteiger partial charge in [0.15, 0.2) is 0 Å². The molecule has 1 atom stereocenters. The van der Waals surface area contributed by atoms with Crippen LogP contribution in [0.5, 0.6) is 5.75 Å². The highest BCUT2D eigenvalue weighted by molar-refractivity contribution is 5.98. The van der Waals surface area contributed by atoms with Crippen molar-refractivity contribution in [1.82, 2.24) is 4.90 Å². The maximum absolute atomic E-state index is 13.7. The molecule has 0 radical (unpaired) electrons. The molecule has 6 heteroatoms. The summed E-state index contributed by atoms with van der Waals surface area (Å²) < 4.78 is 13.7. The first-order valence-corrected chi connectivity index (χ1v) is 5.90. The van der Waals surface area contributed by atoms with E-state index in [1.165, 1.54) is 17.9 Å². The maximum atomic E-state index is 13.7. The molecule has 0 aliphatic carbocycles. The van der Waals surface area contributed by atoms with Crippen molar-refractivity contribution in [1.29, 1.82) is 0 Å². The number of nitrogens with zero attached hydrogens (tertiary/aromatic N) is 1. The fourth-order valence-corrected chi connectivity index (χ4v) is 2.33. The summed E-state index contributed by atoms with van der Waals surface area (Å²) in [5, 5.41) is 18.3. The Morgan fingerprint density at radius 1 is 1.42 bits per heavy atom. The Bertz CT molecular complexity index is 545. The van der Waals surface area contributed by atoms with Gasteiger partial charge >= 0.3 is 5.97 Å². The SMILES string of the molecule is CC1(C(=O)O)CCCN1C(=O)c1ccc(O)cc1F. The number of phenols is 1. The standard InChI is InChI=1S/C13H14FNO4/c1-13(12(18)19)5-2-6-15(13)11(17)9-4-3-8(16)7-10(9)14/h3-4,7,16H,2,5-6H2,1H3,(H,18,19). The van der Waals surface area contributed by atoms with E-state index < -0.39 is 23.2 Å². The zero-order valence-corrected chi connectivity index (χ0v) is 10.4. The number of aromatic hydroxyl groups is 1. The molecule has 0 saturated carbocycles. The van der Waals surface area contributed by atoms with Crippen LogP contribution in [0.15, 0.2) is 18.2 Å². The third kappa shape index (κ3) is 2.14. The fraction of sp³-hybridized carbons (Fsp3) is 0.385. The monoisotopic (exact) mass is 267 g/mol. The van der Waals surface area contributed by atoms with E-state index in [4.69, 9.17) is 5.11 Å². The number of rotatable bonds is 2. The van der Waals surface area contributed by atoms with Crippen molar-refractivity contribution in [2.24, 2.45) is 0 Å². The number of halogens is 1. The van der Waals surface area contributed by atoms with Crippen LogP contribution < -0.4 is 0 Å². The Hall–Kier alpha value is -2.11. The molecule has 1 amide bonds. The van der Waals surface area contributed by atoms with Gasteiger partial charge in [0.25, 0.3) is 5.91 Å². The minimum absolute atomic E-state index is 0.229. The number of carboxylic acids is 1. The van der Waals surface area contributed by atoms with Gasteiger partial charge in [0.2, 0.25) is 0 Å². The van der Waals surface area contributed by atoms with Crippen LogP contribution in [0.3, 0.4) is 0 Å². The van der Waals surface area contributed by atoms with Gasteiger partial charge in [-0.15, -0.1) is 0 Å². The highest BCUT2D eigenvalue weighted by Crippen LogP contribution is 2.31. The number of likely N-dealkylation sites (tertiary alicyclic amines) is 1. The van der Waals surface area contributed by atoms with E-state index in [9.17, 15) is 19.1 Å². The zero-order valence-electron chi connectivity index (χ0n) is 10.4. The largest absolute Gasteiger partial charge is 0.508 e. The summed E-state index contributed by atoms with van der Waals surface area (Å²) in [4.78, 5) is 24.7. The van der Waals surface area contributed by atoms with Gasteiger partial charge in [-0.1, -0.05) is 0 Å². The Labute approximate surface area is 109 Å². The second-order valence-electron chi connectivity index (χ2n) is 4.80. The molecule has 19 heavy (non-hydrogen) atoms. The molecule has 1 unspecified atom stereocenters. The molecule has 1 aromatic rings. The number of hydrogen-bond acceptors (Lipinski definition) is 3. The van der Waals surface area contributed by atoms with Gasteiger partial charge in [-0.3, -0.25) is 4.79 Å². The van der Waals surface area contributed by atoms with Crippen molar-refractivity contribution in [2.75, 3.05) is 6.54 Å². The van der Waals surface area contributed by atoms with Crippen molar-refractivity contribution in [3.05, 3.63) is 29.6 Å². The third-order valence-corrected chi connectivity index (χ3v) is 3.53. The molecule has 1 aliphatic rings. The first kappa shape index (κ1) is 13.3. The van der Waals surface area contributed by atoms with Crippen molar-refractivity contribution < 1.29 is 24.2 Å². The number of carbonyl (C=O) groups excluding carboxylic acids is 1. The molecule has 102 valence electrons. The summed E-state index contributed by atoms with van der Waals surface area (Å²) in [5.41, 5.74) is -1.53. The summed E-state index contributed by atoms with van der Waals surface area (Å²) in [6, 6.07) is 3.19. The van der Waals surface area contributed by atoms with Crippen molar-refractivity contribution in [2.45, 2.75) is 25.3 Å². The van der Waals surface area contributed by atoms with Crippen LogP contribution in [-0.4, -0.2) is 39.1 Å². The molecule has 1 saturated heterocycles.